The van der Waals surface area contributed by atoms with E-state index < -0.39 is 0 Å². The van der Waals surface area contributed by atoms with Gasteiger partial charge in [0.05, 0.1) is 0 Å². The Morgan fingerprint density at radius 3 is 2.81 bits per heavy atom. The molecule has 0 N–H and O–H groups in total. The van der Waals surface area contributed by atoms with Gasteiger partial charge >= 0.3 is 0 Å². The van der Waals surface area contributed by atoms with Crippen LogP contribution in [0.3, 0.4) is 0 Å². The Morgan fingerprint density at radius 1 is 1.62 bits per heavy atom. The second-order valence-corrected chi connectivity index (χ2v) is 3.84. The van der Waals surface area contributed by atoms with E-state index in [1.807, 2.05) is 13.8 Å². The Balaban J connectivity index is 2.98. The van der Waals surface area contributed by atoms with Crippen LogP contribution in [0.25, 0.3) is 0 Å². The maximum absolute atomic E-state index is 12.1. The molecule has 1 rings (SSSR count). The van der Waals surface area contributed by atoms with E-state index in [-0.39, 0.29) is 5.91 Å². The number of rotatable bonds is 4. The fourth-order valence-electron chi connectivity index (χ4n) is 1.45. The Labute approximate surface area is 101 Å². The number of halogens is 1. The van der Waals surface area contributed by atoms with Crippen LogP contribution >= 0.6 is 11.6 Å². The number of hydrogen-bond acceptors (Lipinski definition) is 2. The van der Waals surface area contributed by atoms with E-state index in [0.29, 0.717) is 23.8 Å². The van der Waals surface area contributed by atoms with Crippen molar-refractivity contribution in [3.63, 3.8) is 0 Å². The SMILES string of the molecule is C=CCN(CC)C(=O)c1cc(C)nc(Cl)c1. The summed E-state index contributed by atoms with van der Waals surface area (Å²) in [6, 6.07) is 3.32. The van der Waals surface area contributed by atoms with Crippen molar-refractivity contribution in [3.8, 4) is 0 Å². The van der Waals surface area contributed by atoms with Crippen molar-refractivity contribution >= 4 is 17.5 Å². The Morgan fingerprint density at radius 2 is 2.31 bits per heavy atom. The average molecular weight is 239 g/mol. The van der Waals surface area contributed by atoms with E-state index in [1.54, 1.807) is 23.1 Å². The average Bonchev–Trinajstić information content (AvgIpc) is 2.23. The number of pyridine rings is 1. The highest BCUT2D eigenvalue weighted by atomic mass is 35.5. The third-order valence-corrected chi connectivity index (χ3v) is 2.38. The number of likely N-dealkylation sites (N-methyl/N-ethyl adjacent to an activating group) is 1. The van der Waals surface area contributed by atoms with Crippen LogP contribution in [0.2, 0.25) is 5.15 Å². The van der Waals surface area contributed by atoms with Gasteiger partial charge in [-0.05, 0) is 26.0 Å². The fourth-order valence-corrected chi connectivity index (χ4v) is 1.70. The zero-order valence-electron chi connectivity index (χ0n) is 9.53. The number of aryl methyl sites for hydroxylation is 1. The molecule has 0 saturated heterocycles. The minimum atomic E-state index is -0.0465. The highest BCUT2D eigenvalue weighted by Crippen LogP contribution is 2.12. The molecule has 1 aromatic heterocycles. The molecule has 0 saturated carbocycles. The van der Waals surface area contributed by atoms with Crippen LogP contribution in [-0.4, -0.2) is 28.9 Å². The number of hydrogen-bond donors (Lipinski definition) is 0. The molecule has 4 heteroatoms. The van der Waals surface area contributed by atoms with Crippen molar-refractivity contribution in [2.24, 2.45) is 0 Å². The van der Waals surface area contributed by atoms with Gasteiger partial charge in [-0.1, -0.05) is 17.7 Å². The van der Waals surface area contributed by atoms with Crippen LogP contribution in [0, 0.1) is 6.92 Å². The van der Waals surface area contributed by atoms with Gasteiger partial charge in [-0.15, -0.1) is 6.58 Å². The van der Waals surface area contributed by atoms with Gasteiger partial charge in [-0.3, -0.25) is 4.79 Å². The van der Waals surface area contributed by atoms with Gasteiger partial charge in [-0.25, -0.2) is 4.98 Å². The Hall–Kier alpha value is -1.35. The second kappa shape index (κ2) is 5.66. The predicted molar refractivity (Wildman–Crippen MR) is 65.8 cm³/mol. The minimum absolute atomic E-state index is 0.0465. The van der Waals surface area contributed by atoms with Gasteiger partial charge in [-0.2, -0.15) is 0 Å². The van der Waals surface area contributed by atoms with E-state index in [1.165, 1.54) is 0 Å². The third kappa shape index (κ3) is 3.07. The predicted octanol–water partition coefficient (Wildman–Crippen LogP) is 2.69. The van der Waals surface area contributed by atoms with Crippen molar-refractivity contribution in [1.29, 1.82) is 0 Å². The summed E-state index contributed by atoms with van der Waals surface area (Å²) < 4.78 is 0. The molecule has 0 aromatic carbocycles. The summed E-state index contributed by atoms with van der Waals surface area (Å²) in [6.07, 6.45) is 1.71. The molecule has 1 amide bonds. The van der Waals surface area contributed by atoms with E-state index in [4.69, 9.17) is 11.6 Å². The van der Waals surface area contributed by atoms with Crippen LogP contribution in [0.1, 0.15) is 23.0 Å². The van der Waals surface area contributed by atoms with Crippen LogP contribution in [0.4, 0.5) is 0 Å². The van der Waals surface area contributed by atoms with Crippen LogP contribution in [0.15, 0.2) is 24.8 Å². The normalized spacial score (nSPS) is 9.94. The number of carbonyl (C=O) groups excluding carboxylic acids is 1. The number of aromatic nitrogens is 1. The summed E-state index contributed by atoms with van der Waals surface area (Å²) in [5.41, 5.74) is 1.31. The first-order valence-corrected chi connectivity index (χ1v) is 5.50. The molecule has 0 atom stereocenters. The highest BCUT2D eigenvalue weighted by molar-refractivity contribution is 6.29. The number of amides is 1. The molecule has 0 unspecified atom stereocenters. The monoisotopic (exact) mass is 238 g/mol. The smallest absolute Gasteiger partial charge is 0.254 e. The van der Waals surface area contributed by atoms with E-state index >= 15 is 0 Å². The number of nitrogens with zero attached hydrogens (tertiary/aromatic N) is 2. The van der Waals surface area contributed by atoms with Gasteiger partial charge in [0.1, 0.15) is 5.15 Å². The van der Waals surface area contributed by atoms with E-state index in [0.717, 1.165) is 5.69 Å². The Bertz CT molecular complexity index is 384. The first-order valence-electron chi connectivity index (χ1n) is 5.12. The highest BCUT2D eigenvalue weighted by Gasteiger charge is 2.13. The lowest BCUT2D eigenvalue weighted by Crippen LogP contribution is -2.30. The maximum Gasteiger partial charge on any atom is 0.254 e. The van der Waals surface area contributed by atoms with Crippen LogP contribution in [0.5, 0.6) is 0 Å². The number of carbonyl (C=O) groups is 1. The maximum atomic E-state index is 12.1. The van der Waals surface area contributed by atoms with E-state index in [9.17, 15) is 4.79 Å². The zero-order chi connectivity index (χ0) is 12.1. The van der Waals surface area contributed by atoms with Crippen molar-refractivity contribution in [3.05, 3.63) is 41.2 Å². The van der Waals surface area contributed by atoms with Gasteiger partial charge in [0.2, 0.25) is 0 Å². The van der Waals surface area contributed by atoms with Gasteiger partial charge in [0, 0.05) is 24.3 Å². The molecule has 0 aliphatic carbocycles. The van der Waals surface area contributed by atoms with Crippen molar-refractivity contribution in [2.45, 2.75) is 13.8 Å². The summed E-state index contributed by atoms with van der Waals surface area (Å²) in [5.74, 6) is -0.0465. The lowest BCUT2D eigenvalue weighted by Gasteiger charge is -2.19. The first kappa shape index (κ1) is 12.7. The molecular weight excluding hydrogens is 224 g/mol. The molecule has 1 heterocycles. The van der Waals surface area contributed by atoms with Crippen molar-refractivity contribution < 1.29 is 4.79 Å². The first-order chi connectivity index (χ1) is 7.58. The third-order valence-electron chi connectivity index (χ3n) is 2.19. The topological polar surface area (TPSA) is 33.2 Å². The van der Waals surface area contributed by atoms with Crippen molar-refractivity contribution in [1.82, 2.24) is 9.88 Å². The summed E-state index contributed by atoms with van der Waals surface area (Å²) in [5, 5.41) is 0.345. The Kier molecular flexibility index (Phi) is 4.50. The standard InChI is InChI=1S/C12H15ClN2O/c1-4-6-15(5-2)12(16)10-7-9(3)14-11(13)8-10/h4,7-8H,1,5-6H2,2-3H3. The summed E-state index contributed by atoms with van der Waals surface area (Å²) in [4.78, 5) is 17.8. The molecule has 0 fully saturated rings. The molecule has 1 aromatic rings. The summed E-state index contributed by atoms with van der Waals surface area (Å²) >= 11 is 5.82. The minimum Gasteiger partial charge on any atom is -0.335 e. The largest absolute Gasteiger partial charge is 0.335 e. The summed E-state index contributed by atoms with van der Waals surface area (Å²) in [6.45, 7) is 8.55. The molecule has 16 heavy (non-hydrogen) atoms. The quantitative estimate of drug-likeness (QED) is 0.597. The van der Waals surface area contributed by atoms with Gasteiger partial charge < -0.3 is 4.90 Å². The fraction of sp³-hybridized carbons (Fsp3) is 0.333. The molecule has 0 radical (unpaired) electrons. The lowest BCUT2D eigenvalue weighted by molar-refractivity contribution is 0.0782. The lowest BCUT2D eigenvalue weighted by atomic mass is 10.2. The molecular formula is C12H15ClN2O. The van der Waals surface area contributed by atoms with E-state index in [2.05, 4.69) is 11.6 Å². The molecule has 86 valence electrons. The molecule has 3 nitrogen and oxygen atoms in total. The van der Waals surface area contributed by atoms with Crippen LogP contribution in [-0.2, 0) is 0 Å². The molecule has 0 aliphatic rings. The zero-order valence-corrected chi connectivity index (χ0v) is 10.3. The van der Waals surface area contributed by atoms with Gasteiger partial charge in [0.15, 0.2) is 0 Å². The van der Waals surface area contributed by atoms with Crippen molar-refractivity contribution in [2.75, 3.05) is 13.1 Å². The second-order valence-electron chi connectivity index (χ2n) is 3.45. The summed E-state index contributed by atoms with van der Waals surface area (Å²) in [7, 11) is 0. The van der Waals surface area contributed by atoms with Gasteiger partial charge in [0.25, 0.3) is 5.91 Å². The molecule has 0 aliphatic heterocycles. The molecule has 0 spiro atoms. The molecule has 0 bridgehead atoms. The van der Waals surface area contributed by atoms with Crippen LogP contribution < -0.4 is 0 Å².